The highest BCUT2D eigenvalue weighted by atomic mass is 16.6. The lowest BCUT2D eigenvalue weighted by Gasteiger charge is -2.28. The first kappa shape index (κ1) is 17.6. The van der Waals surface area contributed by atoms with E-state index in [1.165, 1.54) is 31.4 Å². The van der Waals surface area contributed by atoms with Crippen LogP contribution in [0.3, 0.4) is 0 Å². The van der Waals surface area contributed by atoms with E-state index in [4.69, 9.17) is 0 Å². The van der Waals surface area contributed by atoms with E-state index in [-0.39, 0.29) is 30.2 Å². The van der Waals surface area contributed by atoms with Crippen molar-refractivity contribution in [2.75, 3.05) is 13.7 Å². The van der Waals surface area contributed by atoms with Gasteiger partial charge in [-0.2, -0.15) is 0 Å². The molecule has 0 radical (unpaired) electrons. The van der Waals surface area contributed by atoms with Crippen molar-refractivity contribution >= 4 is 17.6 Å². The number of methoxy groups -OCH3 is 1. The number of carbonyl (C=O) groups excluding carboxylic acids is 2. The quantitative estimate of drug-likeness (QED) is 0.457. The molecule has 0 saturated heterocycles. The molecule has 22 heavy (non-hydrogen) atoms. The first-order valence-corrected chi connectivity index (χ1v) is 6.91. The maximum absolute atomic E-state index is 12.5. The van der Waals surface area contributed by atoms with Gasteiger partial charge in [0.25, 0.3) is 11.6 Å². The lowest BCUT2D eigenvalue weighted by atomic mass is 10.1. The van der Waals surface area contributed by atoms with Crippen LogP contribution in [0.2, 0.25) is 0 Å². The Balaban J connectivity index is 2.93. The molecular weight excluding hydrogens is 288 g/mol. The molecule has 0 aliphatic heterocycles. The van der Waals surface area contributed by atoms with Gasteiger partial charge in [0, 0.05) is 30.3 Å². The van der Waals surface area contributed by atoms with Crippen molar-refractivity contribution in [3.8, 4) is 0 Å². The molecule has 0 spiro atoms. The third-order valence-electron chi connectivity index (χ3n) is 3.28. The number of amides is 1. The maximum Gasteiger partial charge on any atom is 0.310 e. The fraction of sp³-hybridized carbons (Fsp3) is 0.467. The van der Waals surface area contributed by atoms with Gasteiger partial charge < -0.3 is 9.64 Å². The minimum absolute atomic E-state index is 0.0735. The molecule has 1 unspecified atom stereocenters. The van der Waals surface area contributed by atoms with E-state index in [9.17, 15) is 19.7 Å². The van der Waals surface area contributed by atoms with Crippen LogP contribution < -0.4 is 0 Å². The van der Waals surface area contributed by atoms with Gasteiger partial charge in [-0.05, 0) is 26.0 Å². The lowest BCUT2D eigenvalue weighted by molar-refractivity contribution is -0.384. The number of hydrogen-bond donors (Lipinski definition) is 0. The smallest absolute Gasteiger partial charge is 0.310 e. The van der Waals surface area contributed by atoms with Gasteiger partial charge in [0.2, 0.25) is 0 Å². The third kappa shape index (κ3) is 4.28. The fourth-order valence-corrected chi connectivity index (χ4v) is 1.99. The Hall–Kier alpha value is -2.44. The number of non-ortho nitro benzene ring substituents is 1. The summed E-state index contributed by atoms with van der Waals surface area (Å²) in [6.07, 6.45) is 0. The summed E-state index contributed by atoms with van der Waals surface area (Å²) in [6, 6.07) is 5.29. The second-order valence-corrected chi connectivity index (χ2v) is 5.28. The molecule has 0 N–H and O–H groups in total. The lowest BCUT2D eigenvalue weighted by Crippen LogP contribution is -2.41. The van der Waals surface area contributed by atoms with Crippen LogP contribution in [-0.2, 0) is 9.53 Å². The van der Waals surface area contributed by atoms with E-state index >= 15 is 0 Å². The molecule has 0 aliphatic rings. The number of nitrogens with zero attached hydrogens (tertiary/aromatic N) is 2. The molecular formula is C15H20N2O5. The first-order valence-electron chi connectivity index (χ1n) is 6.91. The van der Waals surface area contributed by atoms with Crippen molar-refractivity contribution in [2.45, 2.75) is 26.8 Å². The van der Waals surface area contributed by atoms with Crippen molar-refractivity contribution in [3.05, 3.63) is 39.9 Å². The normalized spacial score (nSPS) is 11.9. The maximum atomic E-state index is 12.5. The van der Waals surface area contributed by atoms with Crippen LogP contribution in [0.5, 0.6) is 0 Å². The van der Waals surface area contributed by atoms with Crippen LogP contribution in [0.4, 0.5) is 5.69 Å². The number of rotatable bonds is 6. The molecule has 1 rings (SSSR count). The molecule has 7 heteroatoms. The molecule has 0 aromatic heterocycles. The predicted octanol–water partition coefficient (Wildman–Crippen LogP) is 2.25. The van der Waals surface area contributed by atoms with E-state index in [0.717, 1.165) is 0 Å². The summed E-state index contributed by atoms with van der Waals surface area (Å²) >= 11 is 0. The van der Waals surface area contributed by atoms with Crippen molar-refractivity contribution in [1.82, 2.24) is 4.90 Å². The Morgan fingerprint density at radius 3 is 2.18 bits per heavy atom. The number of hydrogen-bond acceptors (Lipinski definition) is 5. The zero-order chi connectivity index (χ0) is 16.9. The van der Waals surface area contributed by atoms with Gasteiger partial charge in [-0.1, -0.05) is 6.92 Å². The molecule has 0 fully saturated rings. The summed E-state index contributed by atoms with van der Waals surface area (Å²) in [6.45, 7) is 5.59. The molecule has 1 atom stereocenters. The second-order valence-electron chi connectivity index (χ2n) is 5.28. The number of esters is 1. The monoisotopic (exact) mass is 308 g/mol. The zero-order valence-electron chi connectivity index (χ0n) is 13.1. The van der Waals surface area contributed by atoms with E-state index < -0.39 is 10.8 Å². The molecule has 1 amide bonds. The van der Waals surface area contributed by atoms with Crippen LogP contribution in [0.1, 0.15) is 31.1 Å². The Bertz CT molecular complexity index is 554. The van der Waals surface area contributed by atoms with Crippen LogP contribution in [0.15, 0.2) is 24.3 Å². The van der Waals surface area contributed by atoms with Gasteiger partial charge in [-0.25, -0.2) is 0 Å². The largest absolute Gasteiger partial charge is 0.469 e. The minimum Gasteiger partial charge on any atom is -0.469 e. The highest BCUT2D eigenvalue weighted by Gasteiger charge is 2.24. The molecule has 1 aromatic rings. The molecule has 1 aromatic carbocycles. The van der Waals surface area contributed by atoms with Crippen LogP contribution in [0.25, 0.3) is 0 Å². The Kier molecular flexibility index (Phi) is 6.03. The van der Waals surface area contributed by atoms with E-state index in [0.29, 0.717) is 5.56 Å². The van der Waals surface area contributed by atoms with E-state index in [1.54, 1.807) is 11.8 Å². The molecule has 0 bridgehead atoms. The average Bonchev–Trinajstić information content (AvgIpc) is 2.50. The highest BCUT2D eigenvalue weighted by molar-refractivity contribution is 5.94. The molecule has 0 aliphatic carbocycles. The van der Waals surface area contributed by atoms with Gasteiger partial charge in [0.05, 0.1) is 18.0 Å². The van der Waals surface area contributed by atoms with Crippen molar-refractivity contribution < 1.29 is 19.2 Å². The standard InChI is InChI=1S/C15H20N2O5/c1-10(2)16(9-11(3)15(19)22-4)14(18)12-5-7-13(8-6-12)17(20)21/h5-8,10-11H,9H2,1-4H3. The van der Waals surface area contributed by atoms with E-state index in [2.05, 4.69) is 4.74 Å². The third-order valence-corrected chi connectivity index (χ3v) is 3.28. The van der Waals surface area contributed by atoms with Crippen molar-refractivity contribution in [3.63, 3.8) is 0 Å². The average molecular weight is 308 g/mol. The summed E-state index contributed by atoms with van der Waals surface area (Å²) in [7, 11) is 1.30. The number of nitro benzene ring substituents is 1. The molecule has 7 nitrogen and oxygen atoms in total. The van der Waals surface area contributed by atoms with Crippen molar-refractivity contribution in [2.24, 2.45) is 5.92 Å². The Labute approximate surface area is 129 Å². The first-order chi connectivity index (χ1) is 10.3. The van der Waals surface area contributed by atoms with Gasteiger partial charge in [0.15, 0.2) is 0 Å². The zero-order valence-corrected chi connectivity index (χ0v) is 13.1. The van der Waals surface area contributed by atoms with Crippen molar-refractivity contribution in [1.29, 1.82) is 0 Å². The summed E-state index contributed by atoms with van der Waals surface area (Å²) < 4.78 is 4.67. The summed E-state index contributed by atoms with van der Waals surface area (Å²) in [5.41, 5.74) is 0.270. The fourth-order valence-electron chi connectivity index (χ4n) is 1.99. The van der Waals surface area contributed by atoms with Crippen LogP contribution in [-0.4, -0.2) is 41.4 Å². The predicted molar refractivity (Wildman–Crippen MR) is 80.4 cm³/mol. The number of benzene rings is 1. The summed E-state index contributed by atoms with van der Waals surface area (Å²) in [5, 5.41) is 10.6. The molecule has 0 saturated carbocycles. The minimum atomic E-state index is -0.520. The summed E-state index contributed by atoms with van der Waals surface area (Å²) in [4.78, 5) is 35.7. The molecule has 0 heterocycles. The highest BCUT2D eigenvalue weighted by Crippen LogP contribution is 2.16. The Morgan fingerprint density at radius 2 is 1.77 bits per heavy atom. The van der Waals surface area contributed by atoms with Gasteiger partial charge in [-0.15, -0.1) is 0 Å². The van der Waals surface area contributed by atoms with Crippen LogP contribution >= 0.6 is 0 Å². The van der Waals surface area contributed by atoms with Crippen LogP contribution in [0, 0.1) is 16.0 Å². The number of carbonyl (C=O) groups is 2. The molecule has 120 valence electrons. The van der Waals surface area contributed by atoms with Gasteiger partial charge in [-0.3, -0.25) is 19.7 Å². The number of nitro groups is 1. The second kappa shape index (κ2) is 7.53. The SMILES string of the molecule is COC(=O)C(C)CN(C(=O)c1ccc([N+](=O)[O-])cc1)C(C)C. The van der Waals surface area contributed by atoms with E-state index in [1.807, 2.05) is 13.8 Å². The summed E-state index contributed by atoms with van der Waals surface area (Å²) in [5.74, 6) is -1.11. The van der Waals surface area contributed by atoms with Gasteiger partial charge in [0.1, 0.15) is 0 Å². The Morgan fingerprint density at radius 1 is 1.23 bits per heavy atom. The number of ether oxygens (including phenoxy) is 1. The topological polar surface area (TPSA) is 89.8 Å². The van der Waals surface area contributed by atoms with Gasteiger partial charge >= 0.3 is 5.97 Å².